The molecule has 10 atom stereocenters. The predicted octanol–water partition coefficient (Wildman–Crippen LogP) is 12.3. The summed E-state index contributed by atoms with van der Waals surface area (Å²) in [5.74, 6) is 13.7. The van der Waals surface area contributed by atoms with Crippen molar-refractivity contribution in [1.29, 1.82) is 0 Å². The standard InChI is InChI=1S/C34H44N4O5Si.C23H32IN3O2Si.C7H9N.C4H5ClO3.CH4.ClH.K.H2.H/c1-9-29(38-18-17-35-31(38)22(3)43-44(7,8)34(4,5)6)28-19-30(42-36-28)24-14-11-23(12-15-24)13-16-25-26-20-37(21-27(25)26)32(39)33(40)41-10-2;1-8-20(19-15-21(28-26-19)17-9-11-18(24)12-10-17)27-14-13-25-22(27)16(2)29-30(6,7)23(3,4)5;1-2-5-6-3-8-4-7(5)6;1-2-8-4(7)3(5)6;;;;;/h11-12,14-15,17-19,22,25-27,29H,9-10,20-21H2,1-8H3;9-16,20H,8H2,1-7H3;1,5-8H,3-4H2;2H2,1H3;1H4;1H;;1H;/q;;;;;;+1;;-1/t22-,25?,26-,27+,29+;16-,20+;5?,6-,7+;;;;;;/m00......./s1. The number of ether oxygens (including phenoxy) is 2. The number of carbonyl (C=O) groups excluding carboxylic acids is 4. The maximum atomic E-state index is 12.2. The molecule has 2 unspecified atom stereocenters. The predicted molar refractivity (Wildman–Crippen MR) is 379 cm³/mol. The fourth-order valence-electron chi connectivity index (χ4n) is 11.0. The normalized spacial score (nSPS) is 19.6. The Balaban J connectivity index is 0.000000518. The number of amides is 1. The number of hydrogen-bond acceptors (Lipinski definition) is 15. The van der Waals surface area contributed by atoms with E-state index < -0.39 is 39.7 Å². The van der Waals surface area contributed by atoms with Gasteiger partial charge in [0.2, 0.25) is 0 Å². The quantitative estimate of drug-likeness (QED) is 0.0225. The van der Waals surface area contributed by atoms with Gasteiger partial charge in [-0.3, -0.25) is 9.59 Å². The fraction of sp³-hybridized carbons (Fsp3) is 0.536. The van der Waals surface area contributed by atoms with E-state index in [1.807, 2.05) is 61.2 Å². The number of hydrogen-bond donors (Lipinski definition) is 1. The number of halogens is 3. The van der Waals surface area contributed by atoms with Crippen LogP contribution in [0.1, 0.15) is 159 Å². The van der Waals surface area contributed by atoms with Crippen molar-refractivity contribution in [2.24, 2.45) is 35.5 Å². The van der Waals surface area contributed by atoms with E-state index in [0.717, 1.165) is 70.2 Å². The van der Waals surface area contributed by atoms with Gasteiger partial charge in [0.05, 0.1) is 25.3 Å². The third-order valence-electron chi connectivity index (χ3n) is 18.2. The molecule has 0 spiro atoms. The first-order chi connectivity index (χ1) is 42.5. The Morgan fingerprint density at radius 1 is 0.720 bits per heavy atom. The van der Waals surface area contributed by atoms with Crippen LogP contribution in [-0.4, -0.2) is 113 Å². The van der Waals surface area contributed by atoms with Gasteiger partial charge in [-0.2, -0.15) is 0 Å². The van der Waals surface area contributed by atoms with Crippen LogP contribution < -0.4 is 56.7 Å². The molecule has 4 aromatic heterocycles. The van der Waals surface area contributed by atoms with Gasteiger partial charge in [0.1, 0.15) is 35.2 Å². The minimum atomic E-state index is -1.97. The van der Waals surface area contributed by atoms with Crippen LogP contribution in [0, 0.1) is 63.3 Å². The van der Waals surface area contributed by atoms with E-state index in [1.165, 1.54) is 16.7 Å². The summed E-state index contributed by atoms with van der Waals surface area (Å²) in [6.45, 7) is 38.2. The molecule has 18 nitrogen and oxygen atoms in total. The van der Waals surface area contributed by atoms with Crippen molar-refractivity contribution in [1.82, 2.24) is 39.6 Å². The minimum absolute atomic E-state index is 0. The Bertz CT molecular complexity index is 3520. The molecule has 2 saturated carbocycles. The molecule has 1 amide bonds. The van der Waals surface area contributed by atoms with Gasteiger partial charge in [-0.05, 0) is 184 Å². The summed E-state index contributed by atoms with van der Waals surface area (Å²) in [5, 5.41) is 11.3. The van der Waals surface area contributed by atoms with E-state index in [1.54, 1.807) is 18.7 Å². The maximum absolute atomic E-state index is 12.2. The molecule has 93 heavy (non-hydrogen) atoms. The van der Waals surface area contributed by atoms with Crippen molar-refractivity contribution in [3.05, 3.63) is 118 Å². The van der Waals surface area contributed by atoms with E-state index in [9.17, 15) is 19.2 Å². The smallest absolute Gasteiger partial charge is 1.00 e. The van der Waals surface area contributed by atoms with Crippen LogP contribution in [0.3, 0.4) is 0 Å². The topological polar surface area (TPSA) is 208 Å². The molecular weight excluding hydrogens is 1390 g/mol. The van der Waals surface area contributed by atoms with Crippen molar-refractivity contribution >= 4 is 86.3 Å². The number of terminal acetylenes is 1. The minimum Gasteiger partial charge on any atom is -1.00 e. The third kappa shape index (κ3) is 20.6. The van der Waals surface area contributed by atoms with Gasteiger partial charge in [-0.1, -0.05) is 97.1 Å². The van der Waals surface area contributed by atoms with Gasteiger partial charge in [0, 0.05) is 83.5 Å². The molecule has 1 N–H and O–H groups in total. The molecule has 2 aromatic carbocycles. The molecule has 2 aliphatic heterocycles. The molecule has 24 heteroatoms. The number of likely N-dealkylation sites (tertiary alicyclic amines) is 1. The average molecular weight is 1490 g/mol. The zero-order valence-corrected chi connectivity index (χ0v) is 65.3. The first-order valence-electron chi connectivity index (χ1n) is 31.2. The molecule has 0 radical (unpaired) electrons. The van der Waals surface area contributed by atoms with Gasteiger partial charge in [-0.15, -0.1) is 24.8 Å². The summed E-state index contributed by atoms with van der Waals surface area (Å²) in [6.07, 6.45) is 14.4. The summed E-state index contributed by atoms with van der Waals surface area (Å²) in [5.41, 5.74) is 4.64. The van der Waals surface area contributed by atoms with E-state index in [-0.39, 0.29) is 128 Å². The summed E-state index contributed by atoms with van der Waals surface area (Å²) < 4.78 is 39.3. The number of rotatable bonds is 17. The molecule has 6 aromatic rings. The summed E-state index contributed by atoms with van der Waals surface area (Å²) in [7, 11) is -3.88. The van der Waals surface area contributed by atoms with Gasteiger partial charge >= 0.3 is 74.5 Å². The molecular formula is C69H98Cl2IKN8O10Si2. The first-order valence-corrected chi connectivity index (χ1v) is 38.5. The number of piperidine rings is 2. The van der Waals surface area contributed by atoms with Crippen molar-refractivity contribution in [3.8, 4) is 46.8 Å². The van der Waals surface area contributed by atoms with Crippen LogP contribution in [-0.2, 0) is 37.5 Å². The van der Waals surface area contributed by atoms with E-state index in [0.29, 0.717) is 36.6 Å². The number of aromatic nitrogens is 6. The number of imidazole rings is 2. The SMILES string of the molecule is C.C#CC1[C@H]2CNC[C@@H]12.CCOC(=O)C(=O)Cl.CCOC(=O)C(=O)N1C[C@@H]2C(C#Cc3ccc(-c4cc([C@@H](CC)n5ccnc5[C@H](C)O[Si](C)(C)C(C)(C)C)no4)cc3)[C@@H]2C1.CC[C@H](c1cc(-c2ccc(I)cc2)on1)n1ccnc1[C@H](C)O[Si](C)(C)C(C)(C)C.Cl.[H-].[HH].[K+]. The molecule has 0 bridgehead atoms. The Hall–Kier alpha value is -4.26. The van der Waals surface area contributed by atoms with Gasteiger partial charge in [0.25, 0.3) is 0 Å². The summed E-state index contributed by atoms with van der Waals surface area (Å²) in [4.78, 5) is 54.7. The van der Waals surface area contributed by atoms with Gasteiger partial charge in [0.15, 0.2) is 28.2 Å². The van der Waals surface area contributed by atoms with Crippen LogP contribution in [0.25, 0.3) is 22.6 Å². The van der Waals surface area contributed by atoms with E-state index in [2.05, 4.69) is 200 Å². The fourth-order valence-corrected chi connectivity index (χ4v) is 14.1. The van der Waals surface area contributed by atoms with Crippen molar-refractivity contribution < 1.29 is 101 Å². The number of nitrogens with zero attached hydrogens (tertiary/aromatic N) is 7. The zero-order chi connectivity index (χ0) is 66.0. The molecule has 2 saturated heterocycles. The van der Waals surface area contributed by atoms with Crippen LogP contribution >= 0.6 is 46.6 Å². The molecule has 4 fully saturated rings. The number of nitrogens with one attached hydrogen (secondary N) is 1. The second kappa shape index (κ2) is 35.3. The van der Waals surface area contributed by atoms with Crippen LogP contribution in [0.2, 0.25) is 36.3 Å². The van der Waals surface area contributed by atoms with Crippen LogP contribution in [0.5, 0.6) is 0 Å². The number of benzene rings is 2. The summed E-state index contributed by atoms with van der Waals surface area (Å²) >= 11 is 7.00. The summed E-state index contributed by atoms with van der Waals surface area (Å²) in [6, 6.07) is 20.3. The van der Waals surface area contributed by atoms with Gasteiger partial charge < -0.3 is 48.1 Å². The van der Waals surface area contributed by atoms with Crippen LogP contribution in [0.4, 0.5) is 0 Å². The van der Waals surface area contributed by atoms with Gasteiger partial charge in [-0.25, -0.2) is 19.6 Å². The van der Waals surface area contributed by atoms with Crippen LogP contribution in [0.15, 0.2) is 94.5 Å². The van der Waals surface area contributed by atoms with E-state index in [4.69, 9.17) is 40.7 Å². The zero-order valence-electron chi connectivity index (χ0n) is 57.5. The maximum Gasteiger partial charge on any atom is 1.00 e. The molecule has 10 rings (SSSR count). The molecule has 6 heterocycles. The number of esters is 2. The second-order valence-corrected chi connectivity index (χ2v) is 37.4. The Morgan fingerprint density at radius 3 is 1.51 bits per heavy atom. The average Bonchev–Trinajstić information content (AvgIpc) is 1.59. The number of carbonyl (C=O) groups is 4. The first kappa shape index (κ1) is 81.2. The van der Waals surface area contributed by atoms with Crippen molar-refractivity contribution in [3.63, 3.8) is 0 Å². The number of fused-ring (bicyclic) bond motifs is 2. The Labute approximate surface area is 623 Å². The molecule has 4 aliphatic rings. The second-order valence-electron chi connectivity index (χ2n) is 26.3. The molecule has 504 valence electrons. The van der Waals surface area contributed by atoms with Crippen molar-refractivity contribution in [2.45, 2.75) is 164 Å². The largest absolute Gasteiger partial charge is 1.00 e. The Morgan fingerprint density at radius 2 is 1.14 bits per heavy atom. The van der Waals surface area contributed by atoms with Crippen molar-refractivity contribution in [2.75, 3.05) is 39.4 Å². The Kier molecular flexibility index (Phi) is 30.8. The monoisotopic (exact) mass is 1490 g/mol. The molecule has 2 aliphatic carbocycles. The van der Waals surface area contributed by atoms with E-state index >= 15 is 0 Å². The third-order valence-corrected chi connectivity index (χ3v) is 28.2.